The van der Waals surface area contributed by atoms with E-state index in [4.69, 9.17) is 0 Å². The number of hydrogen-bond acceptors (Lipinski definition) is 4. The quantitative estimate of drug-likeness (QED) is 0.840. The number of halogens is 3. The first kappa shape index (κ1) is 18.7. The van der Waals surface area contributed by atoms with Crippen molar-refractivity contribution < 1.29 is 22.8 Å². The zero-order valence-corrected chi connectivity index (χ0v) is 14.3. The number of amides is 2. The highest BCUT2D eigenvalue weighted by Gasteiger charge is 2.40. The summed E-state index contributed by atoms with van der Waals surface area (Å²) in [5.41, 5.74) is 0. The lowest BCUT2D eigenvalue weighted by molar-refractivity contribution is -0.157. The molecule has 1 fully saturated rings. The Kier molecular flexibility index (Phi) is 5.87. The molecule has 2 rings (SSSR count). The van der Waals surface area contributed by atoms with Gasteiger partial charge in [-0.1, -0.05) is 6.07 Å². The van der Waals surface area contributed by atoms with Crippen LogP contribution in [0.3, 0.4) is 0 Å². The number of nitrogens with zero attached hydrogens (tertiary/aromatic N) is 2. The Morgan fingerprint density at radius 3 is 2.75 bits per heavy atom. The summed E-state index contributed by atoms with van der Waals surface area (Å²) in [6.07, 6.45) is -4.62. The molecule has 1 aliphatic heterocycles. The Morgan fingerprint density at radius 1 is 1.50 bits per heavy atom. The van der Waals surface area contributed by atoms with Crippen LogP contribution < -0.4 is 5.32 Å². The molecule has 1 N–H and O–H groups in total. The highest BCUT2D eigenvalue weighted by atomic mass is 32.1. The van der Waals surface area contributed by atoms with Crippen molar-refractivity contribution in [3.63, 3.8) is 0 Å². The lowest BCUT2D eigenvalue weighted by Gasteiger charge is -2.24. The fourth-order valence-electron chi connectivity index (χ4n) is 2.68. The largest absolute Gasteiger partial charge is 0.406 e. The van der Waals surface area contributed by atoms with Gasteiger partial charge in [-0.15, -0.1) is 11.3 Å². The van der Waals surface area contributed by atoms with Crippen LogP contribution in [0.2, 0.25) is 0 Å². The molecule has 1 aliphatic rings. The Morgan fingerprint density at radius 2 is 2.21 bits per heavy atom. The molecule has 0 bridgehead atoms. The van der Waals surface area contributed by atoms with Crippen molar-refractivity contribution >= 4 is 23.2 Å². The van der Waals surface area contributed by atoms with E-state index in [1.54, 1.807) is 11.3 Å². The van der Waals surface area contributed by atoms with Crippen LogP contribution in [-0.4, -0.2) is 61.5 Å². The van der Waals surface area contributed by atoms with Crippen molar-refractivity contribution in [1.29, 1.82) is 0 Å². The van der Waals surface area contributed by atoms with E-state index in [-0.39, 0.29) is 24.9 Å². The summed E-state index contributed by atoms with van der Waals surface area (Å²) < 4.78 is 37.2. The van der Waals surface area contributed by atoms with Gasteiger partial charge >= 0.3 is 6.18 Å². The van der Waals surface area contributed by atoms with Gasteiger partial charge in [0.1, 0.15) is 6.54 Å². The average Bonchev–Trinajstić information content (AvgIpc) is 3.08. The minimum absolute atomic E-state index is 0.0164. The zero-order valence-electron chi connectivity index (χ0n) is 13.5. The smallest absolute Gasteiger partial charge is 0.354 e. The number of likely N-dealkylation sites (tertiary alicyclic amines) is 1. The lowest BCUT2D eigenvalue weighted by Crippen LogP contribution is -2.39. The maximum Gasteiger partial charge on any atom is 0.406 e. The van der Waals surface area contributed by atoms with Crippen LogP contribution in [0.4, 0.5) is 13.2 Å². The minimum atomic E-state index is -4.45. The number of alkyl halides is 3. The van der Waals surface area contributed by atoms with E-state index in [2.05, 4.69) is 5.32 Å². The van der Waals surface area contributed by atoms with E-state index in [1.165, 1.54) is 0 Å². The maximum atomic E-state index is 12.4. The van der Waals surface area contributed by atoms with Crippen LogP contribution in [-0.2, 0) is 9.59 Å². The summed E-state index contributed by atoms with van der Waals surface area (Å²) in [5, 5.41) is 4.71. The Hall–Kier alpha value is -1.61. The van der Waals surface area contributed by atoms with Crippen LogP contribution in [0.1, 0.15) is 17.3 Å². The van der Waals surface area contributed by atoms with Gasteiger partial charge in [0.25, 0.3) is 0 Å². The van der Waals surface area contributed by atoms with Gasteiger partial charge in [0, 0.05) is 24.4 Å². The van der Waals surface area contributed by atoms with Gasteiger partial charge in [-0.2, -0.15) is 13.2 Å². The van der Waals surface area contributed by atoms with Crippen molar-refractivity contribution in [3.05, 3.63) is 22.4 Å². The monoisotopic (exact) mass is 363 g/mol. The molecule has 0 saturated carbocycles. The fourth-order valence-corrected chi connectivity index (χ4v) is 3.60. The molecule has 2 amide bonds. The van der Waals surface area contributed by atoms with Gasteiger partial charge in [-0.05, 0) is 25.5 Å². The molecule has 0 unspecified atom stereocenters. The first-order valence-corrected chi connectivity index (χ1v) is 8.37. The molecular weight excluding hydrogens is 343 g/mol. The van der Waals surface area contributed by atoms with Gasteiger partial charge in [0.05, 0.1) is 12.0 Å². The number of nitrogens with one attached hydrogen (secondary N) is 1. The first-order valence-electron chi connectivity index (χ1n) is 7.49. The molecule has 0 aliphatic carbocycles. The third-order valence-electron chi connectivity index (χ3n) is 3.92. The van der Waals surface area contributed by atoms with E-state index in [9.17, 15) is 22.8 Å². The van der Waals surface area contributed by atoms with Gasteiger partial charge in [-0.3, -0.25) is 9.59 Å². The van der Waals surface area contributed by atoms with E-state index in [1.807, 2.05) is 36.5 Å². The molecule has 24 heavy (non-hydrogen) atoms. The molecule has 9 heteroatoms. The van der Waals surface area contributed by atoms with Gasteiger partial charge in [0.2, 0.25) is 11.8 Å². The van der Waals surface area contributed by atoms with Crippen LogP contribution in [0.25, 0.3) is 0 Å². The summed E-state index contributed by atoms with van der Waals surface area (Å²) >= 11 is 1.57. The highest BCUT2D eigenvalue weighted by Crippen LogP contribution is 2.25. The van der Waals surface area contributed by atoms with E-state index in [0.29, 0.717) is 11.4 Å². The molecule has 0 radical (unpaired) electrons. The molecule has 2 atom stereocenters. The second-order valence-corrected chi connectivity index (χ2v) is 7.01. The van der Waals surface area contributed by atoms with Crippen LogP contribution >= 0.6 is 11.3 Å². The Labute approximate surface area is 142 Å². The third-order valence-corrected chi connectivity index (χ3v) is 4.89. The molecule has 1 saturated heterocycles. The van der Waals surface area contributed by atoms with Gasteiger partial charge in [0.15, 0.2) is 0 Å². The number of thiophene rings is 1. The summed E-state index contributed by atoms with van der Waals surface area (Å²) in [7, 11) is 3.78. The third kappa shape index (κ3) is 4.94. The number of carbonyl (C=O) groups is 2. The number of likely N-dealkylation sites (N-methyl/N-ethyl adjacent to an activating group) is 1. The summed E-state index contributed by atoms with van der Waals surface area (Å²) in [6, 6.07) is 3.87. The van der Waals surface area contributed by atoms with E-state index in [0.717, 1.165) is 4.88 Å². The topological polar surface area (TPSA) is 52.7 Å². The molecule has 2 heterocycles. The lowest BCUT2D eigenvalue weighted by atomic mass is 10.1. The molecule has 1 aromatic rings. The fraction of sp³-hybridized carbons (Fsp3) is 0.600. The van der Waals surface area contributed by atoms with Crippen LogP contribution in [0.5, 0.6) is 0 Å². The Balaban J connectivity index is 1.90. The zero-order chi connectivity index (χ0) is 17.9. The van der Waals surface area contributed by atoms with Crippen molar-refractivity contribution in [2.75, 3.05) is 33.7 Å². The van der Waals surface area contributed by atoms with Crippen molar-refractivity contribution in [2.24, 2.45) is 5.92 Å². The molecule has 1 aromatic heterocycles. The molecule has 5 nitrogen and oxygen atoms in total. The average molecular weight is 363 g/mol. The second kappa shape index (κ2) is 7.52. The maximum absolute atomic E-state index is 12.4. The molecule has 0 spiro atoms. The molecular formula is C15H20F3N3O2S. The number of rotatable bonds is 6. The minimum Gasteiger partial charge on any atom is -0.354 e. The highest BCUT2D eigenvalue weighted by molar-refractivity contribution is 7.10. The van der Waals surface area contributed by atoms with Crippen molar-refractivity contribution in [3.8, 4) is 0 Å². The molecule has 0 aromatic carbocycles. The van der Waals surface area contributed by atoms with E-state index < -0.39 is 24.5 Å². The van der Waals surface area contributed by atoms with Crippen LogP contribution in [0, 0.1) is 5.92 Å². The molecule has 134 valence electrons. The van der Waals surface area contributed by atoms with Crippen molar-refractivity contribution in [1.82, 2.24) is 15.1 Å². The van der Waals surface area contributed by atoms with Gasteiger partial charge < -0.3 is 15.1 Å². The number of carbonyl (C=O) groups excluding carboxylic acids is 2. The van der Waals surface area contributed by atoms with Crippen molar-refractivity contribution in [2.45, 2.75) is 18.6 Å². The summed E-state index contributed by atoms with van der Waals surface area (Å²) in [6.45, 7) is -1.14. The van der Waals surface area contributed by atoms with Gasteiger partial charge in [-0.25, -0.2) is 0 Å². The van der Waals surface area contributed by atoms with E-state index >= 15 is 0 Å². The normalized spacial score (nSPS) is 19.8. The SMILES string of the molecule is CN(C)[C@@H](CNC(=O)[C@H]1CC(=O)N(CC(F)(F)F)C1)c1cccs1. The predicted molar refractivity (Wildman–Crippen MR) is 84.5 cm³/mol. The first-order chi connectivity index (χ1) is 11.2. The Bertz CT molecular complexity index is 575. The predicted octanol–water partition coefficient (Wildman–Crippen LogP) is 1.88. The standard InChI is InChI=1S/C15H20F3N3O2S/c1-20(2)11(12-4-3-5-24-12)7-19-14(23)10-6-13(22)21(8-10)9-15(16,17)18/h3-5,10-11H,6-9H2,1-2H3,(H,19,23)/t10-,11-/m0/s1. The number of hydrogen-bond donors (Lipinski definition) is 1. The summed E-state index contributed by atoms with van der Waals surface area (Å²) in [5.74, 6) is -1.74. The second-order valence-electron chi connectivity index (χ2n) is 6.03. The van der Waals surface area contributed by atoms with Crippen LogP contribution in [0.15, 0.2) is 17.5 Å². The summed E-state index contributed by atoms with van der Waals surface area (Å²) in [4.78, 5) is 27.6.